The minimum atomic E-state index is -0.267. The molecular formula is C15H11BrFNO. The van der Waals surface area contributed by atoms with Crippen molar-refractivity contribution < 1.29 is 9.13 Å². The summed E-state index contributed by atoms with van der Waals surface area (Å²) < 4.78 is 20.0. The largest absolute Gasteiger partial charge is 0.489 e. The molecule has 0 fully saturated rings. The van der Waals surface area contributed by atoms with Crippen LogP contribution < -0.4 is 4.74 Å². The summed E-state index contributed by atoms with van der Waals surface area (Å²) in [6, 6.07) is 12.7. The highest BCUT2D eigenvalue weighted by atomic mass is 79.9. The van der Waals surface area contributed by atoms with E-state index in [-0.39, 0.29) is 12.4 Å². The van der Waals surface area contributed by atoms with E-state index in [9.17, 15) is 4.39 Å². The van der Waals surface area contributed by atoms with Gasteiger partial charge in [-0.3, -0.25) is 0 Å². The Morgan fingerprint density at radius 2 is 2.00 bits per heavy atom. The zero-order valence-electron chi connectivity index (χ0n) is 9.99. The van der Waals surface area contributed by atoms with Crippen LogP contribution >= 0.6 is 15.9 Å². The van der Waals surface area contributed by atoms with Gasteiger partial charge in [-0.05, 0) is 36.4 Å². The molecule has 0 amide bonds. The van der Waals surface area contributed by atoms with Crippen molar-refractivity contribution in [1.29, 1.82) is 0 Å². The zero-order chi connectivity index (χ0) is 13.2. The molecule has 0 spiro atoms. The SMILES string of the molecule is Fc1cc(Br)ccc1COc1ccc2[nH]ccc2c1. The topological polar surface area (TPSA) is 25.0 Å². The Kier molecular flexibility index (Phi) is 3.25. The minimum Gasteiger partial charge on any atom is -0.489 e. The van der Waals surface area contributed by atoms with Gasteiger partial charge in [-0.2, -0.15) is 0 Å². The quantitative estimate of drug-likeness (QED) is 0.747. The Morgan fingerprint density at radius 3 is 2.84 bits per heavy atom. The van der Waals surface area contributed by atoms with Crippen LogP contribution in [0.3, 0.4) is 0 Å². The maximum absolute atomic E-state index is 13.6. The summed E-state index contributed by atoms with van der Waals surface area (Å²) in [5.41, 5.74) is 1.60. The zero-order valence-corrected chi connectivity index (χ0v) is 11.6. The smallest absolute Gasteiger partial charge is 0.130 e. The lowest BCUT2D eigenvalue weighted by Gasteiger charge is -2.07. The Morgan fingerprint density at radius 1 is 1.11 bits per heavy atom. The van der Waals surface area contributed by atoms with E-state index in [0.29, 0.717) is 5.56 Å². The minimum absolute atomic E-state index is 0.217. The van der Waals surface area contributed by atoms with Crippen molar-refractivity contribution in [2.24, 2.45) is 0 Å². The molecule has 0 aliphatic carbocycles. The van der Waals surface area contributed by atoms with Crippen molar-refractivity contribution in [2.75, 3.05) is 0 Å². The van der Waals surface area contributed by atoms with Crippen molar-refractivity contribution >= 4 is 26.8 Å². The average molecular weight is 320 g/mol. The van der Waals surface area contributed by atoms with Crippen molar-refractivity contribution in [2.45, 2.75) is 6.61 Å². The van der Waals surface area contributed by atoms with Gasteiger partial charge in [0.25, 0.3) is 0 Å². The van der Waals surface area contributed by atoms with E-state index in [2.05, 4.69) is 20.9 Å². The van der Waals surface area contributed by atoms with Crippen molar-refractivity contribution in [3.05, 3.63) is 64.5 Å². The van der Waals surface area contributed by atoms with Gasteiger partial charge in [0.15, 0.2) is 0 Å². The molecule has 4 heteroatoms. The van der Waals surface area contributed by atoms with E-state index in [4.69, 9.17) is 4.74 Å². The number of ether oxygens (including phenoxy) is 1. The summed E-state index contributed by atoms with van der Waals surface area (Å²) in [6.45, 7) is 0.217. The first-order chi connectivity index (χ1) is 9.22. The molecule has 3 rings (SSSR count). The number of halogens is 2. The van der Waals surface area contributed by atoms with Crippen LogP contribution in [0.5, 0.6) is 5.75 Å². The number of fused-ring (bicyclic) bond motifs is 1. The molecule has 1 heterocycles. The van der Waals surface area contributed by atoms with Crippen LogP contribution in [0.15, 0.2) is 53.1 Å². The van der Waals surface area contributed by atoms with Crippen LogP contribution in [0.2, 0.25) is 0 Å². The third kappa shape index (κ3) is 2.63. The second kappa shape index (κ2) is 5.05. The van der Waals surface area contributed by atoms with Crippen molar-refractivity contribution in [3.8, 4) is 5.75 Å². The number of nitrogens with one attached hydrogen (secondary N) is 1. The van der Waals surface area contributed by atoms with Crippen LogP contribution in [0.4, 0.5) is 4.39 Å². The number of hydrogen-bond acceptors (Lipinski definition) is 1. The summed E-state index contributed by atoms with van der Waals surface area (Å²) in [6.07, 6.45) is 1.88. The Balaban J connectivity index is 1.77. The van der Waals surface area contributed by atoms with E-state index in [1.54, 1.807) is 12.1 Å². The summed E-state index contributed by atoms with van der Waals surface area (Å²) in [5, 5.41) is 1.08. The van der Waals surface area contributed by atoms with Gasteiger partial charge in [-0.25, -0.2) is 4.39 Å². The summed E-state index contributed by atoms with van der Waals surface area (Å²) in [7, 11) is 0. The number of rotatable bonds is 3. The fourth-order valence-electron chi connectivity index (χ4n) is 1.92. The first-order valence-electron chi connectivity index (χ1n) is 5.86. The molecule has 0 unspecified atom stereocenters. The summed E-state index contributed by atoms with van der Waals surface area (Å²) >= 11 is 3.23. The second-order valence-electron chi connectivity index (χ2n) is 4.25. The molecule has 19 heavy (non-hydrogen) atoms. The van der Waals surface area contributed by atoms with Crippen LogP contribution in [0.1, 0.15) is 5.56 Å². The van der Waals surface area contributed by atoms with E-state index in [0.717, 1.165) is 21.1 Å². The second-order valence-corrected chi connectivity index (χ2v) is 5.17. The molecule has 0 saturated heterocycles. The van der Waals surface area contributed by atoms with Gasteiger partial charge in [0.2, 0.25) is 0 Å². The lowest BCUT2D eigenvalue weighted by atomic mass is 10.2. The lowest BCUT2D eigenvalue weighted by molar-refractivity contribution is 0.300. The predicted octanol–water partition coefficient (Wildman–Crippen LogP) is 4.65. The van der Waals surface area contributed by atoms with E-state index < -0.39 is 0 Å². The maximum Gasteiger partial charge on any atom is 0.130 e. The van der Waals surface area contributed by atoms with Gasteiger partial charge in [0.05, 0.1) is 0 Å². The van der Waals surface area contributed by atoms with Gasteiger partial charge in [-0.1, -0.05) is 22.0 Å². The summed E-state index contributed by atoms with van der Waals surface area (Å²) in [5.74, 6) is 0.464. The molecule has 0 aliphatic rings. The van der Waals surface area contributed by atoms with Gasteiger partial charge in [0.1, 0.15) is 18.2 Å². The molecule has 0 saturated carbocycles. The number of aromatic amines is 1. The Labute approximate surface area is 118 Å². The van der Waals surface area contributed by atoms with Gasteiger partial charge in [-0.15, -0.1) is 0 Å². The van der Waals surface area contributed by atoms with E-state index in [1.165, 1.54) is 6.07 Å². The summed E-state index contributed by atoms with van der Waals surface area (Å²) in [4.78, 5) is 3.12. The predicted molar refractivity (Wildman–Crippen MR) is 76.7 cm³/mol. The number of hydrogen-bond donors (Lipinski definition) is 1. The molecule has 2 aromatic carbocycles. The fraction of sp³-hybridized carbons (Fsp3) is 0.0667. The van der Waals surface area contributed by atoms with Crippen LogP contribution in [0.25, 0.3) is 10.9 Å². The van der Waals surface area contributed by atoms with Crippen LogP contribution in [-0.4, -0.2) is 4.98 Å². The highest BCUT2D eigenvalue weighted by Gasteiger charge is 2.04. The Hall–Kier alpha value is -1.81. The highest BCUT2D eigenvalue weighted by molar-refractivity contribution is 9.10. The first kappa shape index (κ1) is 12.2. The normalized spacial score (nSPS) is 10.8. The van der Waals surface area contributed by atoms with E-state index in [1.807, 2.05) is 30.5 Å². The number of H-pyrrole nitrogens is 1. The number of benzene rings is 2. The highest BCUT2D eigenvalue weighted by Crippen LogP contribution is 2.22. The molecule has 0 atom stereocenters. The maximum atomic E-state index is 13.6. The van der Waals surface area contributed by atoms with Gasteiger partial charge in [0, 0.05) is 27.1 Å². The standard InChI is InChI=1S/C15H11BrFNO/c16-12-2-1-11(14(17)8-12)9-19-13-3-4-15-10(7-13)5-6-18-15/h1-8,18H,9H2. The molecule has 1 aromatic heterocycles. The molecular weight excluding hydrogens is 309 g/mol. The third-order valence-electron chi connectivity index (χ3n) is 2.93. The van der Waals surface area contributed by atoms with Crippen LogP contribution in [-0.2, 0) is 6.61 Å². The van der Waals surface area contributed by atoms with Gasteiger partial charge >= 0.3 is 0 Å². The molecule has 0 radical (unpaired) electrons. The first-order valence-corrected chi connectivity index (χ1v) is 6.65. The fourth-order valence-corrected chi connectivity index (χ4v) is 2.25. The monoisotopic (exact) mass is 319 g/mol. The molecule has 0 aliphatic heterocycles. The number of aromatic nitrogens is 1. The molecule has 2 nitrogen and oxygen atoms in total. The Bertz CT molecular complexity index is 723. The van der Waals surface area contributed by atoms with E-state index >= 15 is 0 Å². The molecule has 0 bridgehead atoms. The van der Waals surface area contributed by atoms with Crippen LogP contribution in [0, 0.1) is 5.82 Å². The van der Waals surface area contributed by atoms with Crippen molar-refractivity contribution in [3.63, 3.8) is 0 Å². The molecule has 1 N–H and O–H groups in total. The molecule has 96 valence electrons. The van der Waals surface area contributed by atoms with Crippen molar-refractivity contribution in [1.82, 2.24) is 4.98 Å². The average Bonchev–Trinajstić information content (AvgIpc) is 2.85. The third-order valence-corrected chi connectivity index (χ3v) is 3.43. The lowest BCUT2D eigenvalue weighted by Crippen LogP contribution is -1.98. The molecule has 3 aromatic rings. The van der Waals surface area contributed by atoms with Gasteiger partial charge < -0.3 is 9.72 Å².